The van der Waals surface area contributed by atoms with E-state index in [4.69, 9.17) is 21.5 Å². The summed E-state index contributed by atoms with van der Waals surface area (Å²) < 4.78 is 6.23. The molecule has 0 fully saturated rings. The second-order valence-corrected chi connectivity index (χ2v) is 3.11. The van der Waals surface area contributed by atoms with E-state index in [9.17, 15) is 0 Å². The molecule has 0 radical (unpaired) electrons. The van der Waals surface area contributed by atoms with E-state index in [-0.39, 0.29) is 6.10 Å². The summed E-state index contributed by atoms with van der Waals surface area (Å²) in [5, 5.41) is 9.35. The van der Waals surface area contributed by atoms with Gasteiger partial charge in [0.15, 0.2) is 10.8 Å². The lowest BCUT2D eigenvalue weighted by Gasteiger charge is -2.08. The van der Waals surface area contributed by atoms with Gasteiger partial charge in [0.25, 0.3) is 0 Å². The Kier molecular flexibility index (Phi) is 2.76. The van der Waals surface area contributed by atoms with E-state index in [0.717, 1.165) is 4.73 Å². The lowest BCUT2D eigenvalue weighted by Crippen LogP contribution is -2.28. The molecule has 1 N–H and O–H groups in total. The molecule has 0 bridgehead atoms. The highest BCUT2D eigenvalue weighted by Gasteiger charge is 2.08. The van der Waals surface area contributed by atoms with Gasteiger partial charge in [0.2, 0.25) is 12.4 Å². The minimum atomic E-state index is 0.0806. The lowest BCUT2D eigenvalue weighted by atomic mass is 10.4. The summed E-state index contributed by atoms with van der Waals surface area (Å²) in [5.74, 6) is 0.581. The van der Waals surface area contributed by atoms with Crippen LogP contribution in [-0.4, -0.2) is 11.3 Å². The predicted molar refractivity (Wildman–Crippen MR) is 44.6 cm³/mol. The first-order valence-electron chi connectivity index (χ1n) is 3.66. The molecular weight excluding hydrogens is 178 g/mol. The highest BCUT2D eigenvalue weighted by atomic mass is 35.5. The van der Waals surface area contributed by atoms with Crippen LogP contribution in [0.25, 0.3) is 0 Å². The number of pyridine rings is 1. The van der Waals surface area contributed by atoms with Crippen LogP contribution in [0.1, 0.15) is 13.8 Å². The molecule has 3 nitrogen and oxygen atoms in total. The molecule has 0 aromatic carbocycles. The highest BCUT2D eigenvalue weighted by molar-refractivity contribution is 6.31. The van der Waals surface area contributed by atoms with E-state index in [0.29, 0.717) is 10.8 Å². The maximum atomic E-state index is 8.95. The van der Waals surface area contributed by atoms with Gasteiger partial charge in [-0.05, 0) is 13.8 Å². The number of halogens is 1. The van der Waals surface area contributed by atoms with Gasteiger partial charge in [0.05, 0.1) is 12.2 Å². The minimum Gasteiger partial charge on any atom is -0.489 e. The Balaban J connectivity index is 2.86. The van der Waals surface area contributed by atoms with Crippen LogP contribution in [0.4, 0.5) is 0 Å². The van der Waals surface area contributed by atoms with E-state index in [2.05, 4.69) is 0 Å². The van der Waals surface area contributed by atoms with Crippen molar-refractivity contribution < 1.29 is 14.7 Å². The highest BCUT2D eigenvalue weighted by Crippen LogP contribution is 2.22. The molecule has 0 spiro atoms. The first-order chi connectivity index (χ1) is 5.59. The van der Waals surface area contributed by atoms with Crippen molar-refractivity contribution in [1.29, 1.82) is 0 Å². The number of hydrogen-bond acceptors (Lipinski definition) is 2. The zero-order valence-electron chi connectivity index (χ0n) is 6.99. The molecule has 0 saturated heterocycles. The first kappa shape index (κ1) is 9.13. The molecule has 1 aromatic rings. The smallest absolute Gasteiger partial charge is 0.244 e. The molecule has 0 saturated carbocycles. The maximum absolute atomic E-state index is 8.95. The Morgan fingerprint density at radius 1 is 1.58 bits per heavy atom. The van der Waals surface area contributed by atoms with Crippen molar-refractivity contribution in [2.45, 2.75) is 20.0 Å². The second-order valence-electron chi connectivity index (χ2n) is 2.70. The molecule has 0 atom stereocenters. The Morgan fingerprint density at radius 3 is 2.75 bits per heavy atom. The van der Waals surface area contributed by atoms with Crippen LogP contribution in [0, 0.1) is 0 Å². The molecule has 1 rings (SSSR count). The normalized spacial score (nSPS) is 10.3. The Bertz CT molecular complexity index is 276. The van der Waals surface area contributed by atoms with Gasteiger partial charge in [-0.25, -0.2) is 0 Å². The van der Waals surface area contributed by atoms with E-state index < -0.39 is 0 Å². The predicted octanol–water partition coefficient (Wildman–Crippen LogP) is 1.65. The third kappa shape index (κ3) is 2.27. The summed E-state index contributed by atoms with van der Waals surface area (Å²) in [6.07, 6.45) is 2.92. The molecule has 1 aromatic heterocycles. The fourth-order valence-electron chi connectivity index (χ4n) is 0.796. The summed E-state index contributed by atoms with van der Waals surface area (Å²) in [6, 6.07) is 1.61. The average Bonchev–Trinajstić information content (AvgIpc) is 1.94. The van der Waals surface area contributed by atoms with Crippen molar-refractivity contribution in [3.05, 3.63) is 23.5 Å². The van der Waals surface area contributed by atoms with E-state index in [1.54, 1.807) is 6.07 Å². The van der Waals surface area contributed by atoms with Crippen molar-refractivity contribution in [2.75, 3.05) is 0 Å². The number of ether oxygens (including phenoxy) is 1. The third-order valence-corrected chi connectivity index (χ3v) is 1.51. The molecule has 4 heteroatoms. The van der Waals surface area contributed by atoms with Gasteiger partial charge in [-0.2, -0.15) is 0 Å². The third-order valence-electron chi connectivity index (χ3n) is 1.22. The number of aromatic nitrogens is 1. The van der Waals surface area contributed by atoms with Crippen LogP contribution in [0.5, 0.6) is 5.75 Å². The van der Waals surface area contributed by atoms with Crippen molar-refractivity contribution in [1.82, 2.24) is 0 Å². The van der Waals surface area contributed by atoms with Crippen LogP contribution in [-0.2, 0) is 0 Å². The Labute approximate surface area is 76.1 Å². The van der Waals surface area contributed by atoms with Crippen molar-refractivity contribution in [3.63, 3.8) is 0 Å². The molecule has 66 valence electrons. The van der Waals surface area contributed by atoms with E-state index >= 15 is 0 Å². The standard InChI is InChI=1S/C8H11ClNO2/c1-6(2)12-8-3-4-10(11)5-7(8)9/h3-6,11H,1-2H3/q+1. The fraction of sp³-hybridized carbons (Fsp3) is 0.375. The minimum absolute atomic E-state index is 0.0806. The van der Waals surface area contributed by atoms with Crippen LogP contribution in [0.2, 0.25) is 5.02 Å². The zero-order valence-corrected chi connectivity index (χ0v) is 7.75. The molecule has 0 aliphatic rings. The van der Waals surface area contributed by atoms with Gasteiger partial charge in [-0.3, -0.25) is 5.21 Å². The molecular formula is C8H11ClNO2+. The molecule has 0 unspecified atom stereocenters. The lowest BCUT2D eigenvalue weighted by molar-refractivity contribution is -0.904. The van der Waals surface area contributed by atoms with Gasteiger partial charge in [0, 0.05) is 4.73 Å². The number of nitrogens with zero attached hydrogens (tertiary/aromatic N) is 1. The topological polar surface area (TPSA) is 33.3 Å². The Morgan fingerprint density at radius 2 is 2.25 bits per heavy atom. The zero-order chi connectivity index (χ0) is 9.14. The van der Waals surface area contributed by atoms with E-state index in [1.807, 2.05) is 13.8 Å². The molecule has 0 amide bonds. The largest absolute Gasteiger partial charge is 0.489 e. The summed E-state index contributed by atoms with van der Waals surface area (Å²) >= 11 is 5.77. The van der Waals surface area contributed by atoms with Gasteiger partial charge < -0.3 is 4.74 Å². The van der Waals surface area contributed by atoms with Crippen molar-refractivity contribution in [3.8, 4) is 5.75 Å². The number of rotatable bonds is 2. The van der Waals surface area contributed by atoms with Gasteiger partial charge in [-0.15, -0.1) is 0 Å². The summed E-state index contributed by atoms with van der Waals surface area (Å²) in [4.78, 5) is 0. The molecule has 0 aliphatic heterocycles. The quantitative estimate of drug-likeness (QED) is 0.566. The molecule has 0 aliphatic carbocycles. The SMILES string of the molecule is CC(C)Oc1cc[n+](O)cc1Cl. The average molecular weight is 189 g/mol. The van der Waals surface area contributed by atoms with Gasteiger partial charge in [0.1, 0.15) is 0 Å². The van der Waals surface area contributed by atoms with Crippen LogP contribution < -0.4 is 9.47 Å². The van der Waals surface area contributed by atoms with E-state index in [1.165, 1.54) is 12.4 Å². The fourth-order valence-corrected chi connectivity index (χ4v) is 1.00. The van der Waals surface area contributed by atoms with Crippen LogP contribution in [0.15, 0.2) is 18.5 Å². The second kappa shape index (κ2) is 3.63. The molecule has 12 heavy (non-hydrogen) atoms. The monoisotopic (exact) mass is 188 g/mol. The first-order valence-corrected chi connectivity index (χ1v) is 4.04. The van der Waals surface area contributed by atoms with Gasteiger partial charge >= 0.3 is 0 Å². The molecule has 1 heterocycles. The Hall–Kier alpha value is -0.960. The van der Waals surface area contributed by atoms with Crippen LogP contribution in [0.3, 0.4) is 0 Å². The summed E-state index contributed by atoms with van der Waals surface area (Å²) in [5.41, 5.74) is 0. The van der Waals surface area contributed by atoms with Crippen molar-refractivity contribution in [2.24, 2.45) is 0 Å². The van der Waals surface area contributed by atoms with Gasteiger partial charge in [-0.1, -0.05) is 11.6 Å². The summed E-state index contributed by atoms with van der Waals surface area (Å²) in [6.45, 7) is 3.83. The van der Waals surface area contributed by atoms with Crippen molar-refractivity contribution >= 4 is 11.6 Å². The van der Waals surface area contributed by atoms with Crippen LogP contribution >= 0.6 is 11.6 Å². The maximum Gasteiger partial charge on any atom is 0.244 e. The summed E-state index contributed by atoms with van der Waals surface area (Å²) in [7, 11) is 0. The number of hydrogen-bond donors (Lipinski definition) is 1.